The van der Waals surface area contributed by atoms with Crippen molar-refractivity contribution < 1.29 is 0 Å². The molecule has 1 aromatic carbocycles. The van der Waals surface area contributed by atoms with E-state index in [4.69, 9.17) is 11.6 Å². The van der Waals surface area contributed by atoms with Gasteiger partial charge in [0.15, 0.2) is 0 Å². The van der Waals surface area contributed by atoms with Gasteiger partial charge in [0.2, 0.25) is 0 Å². The molecule has 1 heterocycles. The number of nitrogens with zero attached hydrogens (tertiary/aromatic N) is 2. The van der Waals surface area contributed by atoms with Gasteiger partial charge in [-0.15, -0.1) is 11.8 Å². The molecule has 0 radical (unpaired) electrons. The van der Waals surface area contributed by atoms with Crippen molar-refractivity contribution in [1.29, 1.82) is 0 Å². The highest BCUT2D eigenvalue weighted by molar-refractivity contribution is 7.98. The van der Waals surface area contributed by atoms with E-state index in [9.17, 15) is 0 Å². The fourth-order valence-electron chi connectivity index (χ4n) is 1.94. The molecule has 2 nitrogen and oxygen atoms in total. The van der Waals surface area contributed by atoms with Gasteiger partial charge in [-0.3, -0.25) is 4.68 Å². The highest BCUT2D eigenvalue weighted by atomic mass is 35.5. The van der Waals surface area contributed by atoms with Crippen LogP contribution in [0.1, 0.15) is 36.6 Å². The summed E-state index contributed by atoms with van der Waals surface area (Å²) in [6, 6.07) is 8.76. The third-order valence-electron chi connectivity index (χ3n) is 3.20. The molecular weight excluding hydrogens is 276 g/mol. The number of aryl methyl sites for hydroxylation is 2. The third-order valence-corrected chi connectivity index (χ3v) is 4.71. The summed E-state index contributed by atoms with van der Waals surface area (Å²) in [5.41, 5.74) is 3.51. The fraction of sp³-hybridized carbons (Fsp3) is 0.400. The molecule has 19 heavy (non-hydrogen) atoms. The van der Waals surface area contributed by atoms with Crippen molar-refractivity contribution in [3.05, 3.63) is 46.2 Å². The van der Waals surface area contributed by atoms with Crippen LogP contribution in [0.3, 0.4) is 0 Å². The predicted octanol–water partition coefficient (Wildman–Crippen LogP) is 4.80. The summed E-state index contributed by atoms with van der Waals surface area (Å²) in [6.45, 7) is 6.42. The van der Waals surface area contributed by atoms with Crippen molar-refractivity contribution in [2.75, 3.05) is 0 Å². The van der Waals surface area contributed by atoms with Gasteiger partial charge in [-0.1, -0.05) is 37.6 Å². The van der Waals surface area contributed by atoms with Crippen LogP contribution in [-0.2, 0) is 12.8 Å². The molecule has 1 aromatic heterocycles. The number of halogens is 1. The Labute approximate surface area is 124 Å². The Hall–Kier alpha value is -0.930. The van der Waals surface area contributed by atoms with Crippen LogP contribution in [0.25, 0.3) is 0 Å². The van der Waals surface area contributed by atoms with Crippen LogP contribution >= 0.6 is 23.4 Å². The molecule has 0 spiro atoms. The second-order valence-electron chi connectivity index (χ2n) is 4.99. The number of aromatic nitrogens is 2. The lowest BCUT2D eigenvalue weighted by atomic mass is 10.0. The summed E-state index contributed by atoms with van der Waals surface area (Å²) in [5, 5.41) is 5.07. The standard InChI is InChI=1S/C15H19ClN2S/c1-10(2)12-5-7-13(8-6-12)19-9-14-11(3)17-18(4)15(14)16/h5-8,10H,9H2,1-4H3. The van der Waals surface area contributed by atoms with Crippen molar-refractivity contribution in [2.45, 2.75) is 37.3 Å². The predicted molar refractivity (Wildman–Crippen MR) is 83.0 cm³/mol. The van der Waals surface area contributed by atoms with Gasteiger partial charge in [-0.2, -0.15) is 5.10 Å². The first-order valence-corrected chi connectivity index (χ1v) is 7.76. The lowest BCUT2D eigenvalue weighted by Crippen LogP contribution is -1.89. The number of thioether (sulfide) groups is 1. The van der Waals surface area contributed by atoms with Gasteiger partial charge < -0.3 is 0 Å². The molecule has 102 valence electrons. The smallest absolute Gasteiger partial charge is 0.131 e. The Morgan fingerprint density at radius 2 is 1.89 bits per heavy atom. The highest BCUT2D eigenvalue weighted by Gasteiger charge is 2.11. The van der Waals surface area contributed by atoms with Gasteiger partial charge in [0, 0.05) is 23.3 Å². The van der Waals surface area contributed by atoms with Crippen LogP contribution in [0.2, 0.25) is 5.15 Å². The summed E-state index contributed by atoms with van der Waals surface area (Å²) < 4.78 is 1.73. The van der Waals surface area contributed by atoms with E-state index in [1.165, 1.54) is 10.5 Å². The molecule has 2 rings (SSSR count). The largest absolute Gasteiger partial charge is 0.257 e. The second kappa shape index (κ2) is 6.02. The van der Waals surface area contributed by atoms with Gasteiger partial charge in [0.05, 0.1) is 5.69 Å². The number of benzene rings is 1. The first-order valence-electron chi connectivity index (χ1n) is 6.39. The first-order chi connectivity index (χ1) is 8.99. The second-order valence-corrected chi connectivity index (χ2v) is 6.40. The first kappa shape index (κ1) is 14.5. The zero-order valence-electron chi connectivity index (χ0n) is 11.8. The number of hydrogen-bond donors (Lipinski definition) is 0. The van der Waals surface area contributed by atoms with E-state index in [-0.39, 0.29) is 0 Å². The van der Waals surface area contributed by atoms with Crippen LogP contribution in [0.15, 0.2) is 29.2 Å². The number of hydrogen-bond acceptors (Lipinski definition) is 2. The van der Waals surface area contributed by atoms with Crippen LogP contribution < -0.4 is 0 Å². The van der Waals surface area contributed by atoms with E-state index >= 15 is 0 Å². The lowest BCUT2D eigenvalue weighted by molar-refractivity contribution is 0.757. The average Bonchev–Trinajstić information content (AvgIpc) is 2.62. The molecule has 0 saturated carbocycles. The summed E-state index contributed by atoms with van der Waals surface area (Å²) in [5.74, 6) is 1.44. The van der Waals surface area contributed by atoms with Crippen molar-refractivity contribution in [3.63, 3.8) is 0 Å². The Balaban J connectivity index is 2.06. The Morgan fingerprint density at radius 1 is 1.26 bits per heavy atom. The topological polar surface area (TPSA) is 17.8 Å². The Morgan fingerprint density at radius 3 is 2.37 bits per heavy atom. The summed E-state index contributed by atoms with van der Waals surface area (Å²) in [6.07, 6.45) is 0. The van der Waals surface area contributed by atoms with Crippen molar-refractivity contribution in [1.82, 2.24) is 9.78 Å². The molecule has 4 heteroatoms. The maximum atomic E-state index is 6.23. The monoisotopic (exact) mass is 294 g/mol. The van der Waals surface area contributed by atoms with Crippen molar-refractivity contribution in [2.24, 2.45) is 7.05 Å². The van der Waals surface area contributed by atoms with Gasteiger partial charge in [-0.05, 0) is 30.5 Å². The SMILES string of the molecule is Cc1nn(C)c(Cl)c1CSc1ccc(C(C)C)cc1. The van der Waals surface area contributed by atoms with Crippen LogP contribution in [0.4, 0.5) is 0 Å². The molecule has 0 N–H and O–H groups in total. The maximum Gasteiger partial charge on any atom is 0.131 e. The molecule has 0 fully saturated rings. The maximum absolute atomic E-state index is 6.23. The van der Waals surface area contributed by atoms with E-state index in [0.717, 1.165) is 22.2 Å². The molecule has 0 saturated heterocycles. The summed E-state index contributed by atoms with van der Waals surface area (Å²) >= 11 is 8.03. The highest BCUT2D eigenvalue weighted by Crippen LogP contribution is 2.29. The quantitative estimate of drug-likeness (QED) is 0.754. The lowest BCUT2D eigenvalue weighted by Gasteiger charge is -2.06. The fourth-order valence-corrected chi connectivity index (χ4v) is 3.25. The van der Waals surface area contributed by atoms with E-state index in [1.807, 2.05) is 14.0 Å². The van der Waals surface area contributed by atoms with Crippen LogP contribution in [0, 0.1) is 6.92 Å². The minimum absolute atomic E-state index is 0.578. The van der Waals surface area contributed by atoms with Crippen molar-refractivity contribution in [3.8, 4) is 0 Å². The minimum atomic E-state index is 0.578. The Bertz CT molecular complexity index is 558. The third kappa shape index (κ3) is 3.34. The molecule has 0 aliphatic carbocycles. The van der Waals surface area contributed by atoms with Crippen LogP contribution in [0.5, 0.6) is 0 Å². The number of rotatable bonds is 4. The summed E-state index contributed by atoms with van der Waals surface area (Å²) in [4.78, 5) is 1.27. The van der Waals surface area contributed by atoms with Crippen molar-refractivity contribution >= 4 is 23.4 Å². The zero-order valence-corrected chi connectivity index (χ0v) is 13.3. The minimum Gasteiger partial charge on any atom is -0.257 e. The molecule has 0 amide bonds. The van der Waals surface area contributed by atoms with E-state index < -0.39 is 0 Å². The van der Waals surface area contributed by atoms with Gasteiger partial charge in [-0.25, -0.2) is 0 Å². The normalized spacial score (nSPS) is 11.3. The molecule has 0 atom stereocenters. The molecule has 0 aliphatic rings. The van der Waals surface area contributed by atoms with Crippen LogP contribution in [-0.4, -0.2) is 9.78 Å². The van der Waals surface area contributed by atoms with E-state index in [1.54, 1.807) is 16.4 Å². The molecule has 0 aliphatic heterocycles. The average molecular weight is 295 g/mol. The van der Waals surface area contributed by atoms with E-state index in [0.29, 0.717) is 5.92 Å². The zero-order chi connectivity index (χ0) is 14.0. The molecular formula is C15H19ClN2S. The molecule has 0 unspecified atom stereocenters. The van der Waals surface area contributed by atoms with Gasteiger partial charge in [0.25, 0.3) is 0 Å². The summed E-state index contributed by atoms with van der Waals surface area (Å²) in [7, 11) is 1.88. The molecule has 0 bridgehead atoms. The van der Waals surface area contributed by atoms with E-state index in [2.05, 4.69) is 43.2 Å². The Kier molecular flexibility index (Phi) is 4.58. The molecule has 2 aromatic rings. The van der Waals surface area contributed by atoms with Gasteiger partial charge in [0.1, 0.15) is 5.15 Å². The van der Waals surface area contributed by atoms with Gasteiger partial charge >= 0.3 is 0 Å².